The quantitative estimate of drug-likeness (QED) is 0.587. The number of carbonyl (C=O) groups excluding carboxylic acids is 1. The van der Waals surface area contributed by atoms with Crippen LogP contribution in [0.15, 0.2) is 40.4 Å². The van der Waals surface area contributed by atoms with E-state index in [0.29, 0.717) is 10.8 Å². The molecule has 0 saturated carbocycles. The topological polar surface area (TPSA) is 64.1 Å². The molecule has 8 heteroatoms. The number of rotatable bonds is 3. The Labute approximate surface area is 148 Å². The fourth-order valence-corrected chi connectivity index (χ4v) is 2.93. The van der Waals surface area contributed by atoms with Crippen LogP contribution in [0, 0.1) is 0 Å². The third-order valence-electron chi connectivity index (χ3n) is 2.33. The smallest absolute Gasteiger partial charge is 0.412 e. The number of nitrogens with one attached hydrogen (secondary N) is 1. The summed E-state index contributed by atoms with van der Waals surface area (Å²) >= 11 is 13.0. The molecule has 0 saturated heterocycles. The fourth-order valence-electron chi connectivity index (χ4n) is 1.58. The Morgan fingerprint density at radius 1 is 1.17 bits per heavy atom. The highest BCUT2D eigenvalue weighted by Gasteiger charge is 2.16. The van der Waals surface area contributed by atoms with E-state index < -0.39 is 11.7 Å². The molecule has 1 amide bonds. The maximum atomic E-state index is 11.8. The van der Waals surface area contributed by atoms with Crippen LogP contribution in [0.2, 0.25) is 10.3 Å². The van der Waals surface area contributed by atoms with Crippen LogP contribution in [0.5, 0.6) is 0 Å². The summed E-state index contributed by atoms with van der Waals surface area (Å²) in [7, 11) is 0. The molecule has 5 nitrogen and oxygen atoms in total. The van der Waals surface area contributed by atoms with Crippen molar-refractivity contribution in [3.05, 3.63) is 40.6 Å². The summed E-state index contributed by atoms with van der Waals surface area (Å²) in [5.74, 6) is 0. The molecule has 1 N–H and O–H groups in total. The molecule has 0 aliphatic rings. The number of aromatic nitrogens is 2. The summed E-state index contributed by atoms with van der Waals surface area (Å²) in [6, 6.07) is 8.69. The van der Waals surface area contributed by atoms with Crippen LogP contribution in [0.4, 0.5) is 10.5 Å². The summed E-state index contributed by atoms with van der Waals surface area (Å²) in [5, 5.41) is 3.65. The Morgan fingerprint density at radius 3 is 2.43 bits per heavy atom. The van der Waals surface area contributed by atoms with E-state index in [0.717, 1.165) is 4.90 Å². The van der Waals surface area contributed by atoms with E-state index in [1.165, 1.54) is 17.8 Å². The SMILES string of the molecule is CC(C)(C)OC(=O)Nc1cccc(Sc2nc(Cl)cc(Cl)n2)c1. The molecule has 2 rings (SSSR count). The molecule has 0 unspecified atom stereocenters. The summed E-state index contributed by atoms with van der Waals surface area (Å²) < 4.78 is 5.21. The molecule has 2 aromatic rings. The second-order valence-corrected chi connectivity index (χ2v) is 7.37. The van der Waals surface area contributed by atoms with Crippen molar-refractivity contribution >= 4 is 46.7 Å². The van der Waals surface area contributed by atoms with Crippen LogP contribution in [-0.2, 0) is 4.74 Å². The summed E-state index contributed by atoms with van der Waals surface area (Å²) in [6.07, 6.45) is -0.512. The van der Waals surface area contributed by atoms with Gasteiger partial charge in [-0.1, -0.05) is 29.3 Å². The third kappa shape index (κ3) is 6.25. The zero-order chi connectivity index (χ0) is 17.0. The molecule has 1 aromatic heterocycles. The molecule has 0 fully saturated rings. The molecule has 122 valence electrons. The van der Waals surface area contributed by atoms with Crippen molar-refractivity contribution in [2.75, 3.05) is 5.32 Å². The molecule has 1 aromatic carbocycles. The van der Waals surface area contributed by atoms with Crippen LogP contribution in [0.1, 0.15) is 20.8 Å². The van der Waals surface area contributed by atoms with Crippen molar-refractivity contribution in [3.63, 3.8) is 0 Å². The van der Waals surface area contributed by atoms with Crippen LogP contribution in [-0.4, -0.2) is 21.7 Å². The van der Waals surface area contributed by atoms with Crippen molar-refractivity contribution in [3.8, 4) is 0 Å². The molecule has 0 aliphatic heterocycles. The number of hydrogen-bond donors (Lipinski definition) is 1. The number of carbonyl (C=O) groups is 1. The van der Waals surface area contributed by atoms with Crippen LogP contribution in [0.25, 0.3) is 0 Å². The Bertz CT molecular complexity index is 700. The van der Waals surface area contributed by atoms with Crippen LogP contribution in [0.3, 0.4) is 0 Å². The van der Waals surface area contributed by atoms with Crippen LogP contribution < -0.4 is 5.32 Å². The molecule has 0 bridgehead atoms. The normalized spacial score (nSPS) is 11.2. The average Bonchev–Trinajstić information content (AvgIpc) is 2.35. The minimum Gasteiger partial charge on any atom is -0.444 e. The summed E-state index contributed by atoms with van der Waals surface area (Å²) in [5.41, 5.74) is 0.0549. The first kappa shape index (κ1) is 17.8. The van der Waals surface area contributed by atoms with Gasteiger partial charge in [0.15, 0.2) is 5.16 Å². The van der Waals surface area contributed by atoms with Gasteiger partial charge in [-0.3, -0.25) is 5.32 Å². The van der Waals surface area contributed by atoms with Gasteiger partial charge in [-0.25, -0.2) is 14.8 Å². The lowest BCUT2D eigenvalue weighted by atomic mass is 10.2. The molecular formula is C15H15Cl2N3O2S. The first-order valence-corrected chi connectivity index (χ1v) is 8.26. The number of nitrogens with zero attached hydrogens (tertiary/aromatic N) is 2. The highest BCUT2D eigenvalue weighted by molar-refractivity contribution is 7.99. The second kappa shape index (κ2) is 7.38. The van der Waals surface area contributed by atoms with Gasteiger partial charge in [0.1, 0.15) is 15.9 Å². The first-order valence-electron chi connectivity index (χ1n) is 6.69. The molecule has 1 heterocycles. The summed E-state index contributed by atoms with van der Waals surface area (Å²) in [6.45, 7) is 5.41. The lowest BCUT2D eigenvalue weighted by Gasteiger charge is -2.19. The minimum absolute atomic E-state index is 0.274. The lowest BCUT2D eigenvalue weighted by Crippen LogP contribution is -2.27. The highest BCUT2D eigenvalue weighted by atomic mass is 35.5. The number of anilines is 1. The maximum absolute atomic E-state index is 11.8. The van der Waals surface area contributed by atoms with E-state index in [2.05, 4.69) is 15.3 Å². The van der Waals surface area contributed by atoms with E-state index in [4.69, 9.17) is 27.9 Å². The van der Waals surface area contributed by atoms with E-state index in [1.807, 2.05) is 6.07 Å². The Kier molecular flexibility index (Phi) is 5.73. The van der Waals surface area contributed by atoms with Gasteiger partial charge in [-0.15, -0.1) is 0 Å². The van der Waals surface area contributed by atoms with Gasteiger partial charge >= 0.3 is 6.09 Å². The van der Waals surface area contributed by atoms with Gasteiger partial charge in [-0.2, -0.15) is 0 Å². The Balaban J connectivity index is 2.09. The second-order valence-electron chi connectivity index (χ2n) is 5.55. The number of benzene rings is 1. The van der Waals surface area contributed by atoms with Crippen molar-refractivity contribution in [1.82, 2.24) is 9.97 Å². The number of halogens is 2. The fraction of sp³-hybridized carbons (Fsp3) is 0.267. The van der Waals surface area contributed by atoms with Crippen molar-refractivity contribution < 1.29 is 9.53 Å². The van der Waals surface area contributed by atoms with Gasteiger partial charge in [-0.05, 0) is 50.7 Å². The molecular weight excluding hydrogens is 357 g/mol. The first-order chi connectivity index (χ1) is 10.7. The third-order valence-corrected chi connectivity index (χ3v) is 3.57. The van der Waals surface area contributed by atoms with Crippen molar-refractivity contribution in [2.24, 2.45) is 0 Å². The predicted octanol–water partition coefficient (Wildman–Crippen LogP) is 5.28. The number of ether oxygens (including phenoxy) is 1. The lowest BCUT2D eigenvalue weighted by molar-refractivity contribution is 0.0636. The van der Waals surface area contributed by atoms with Gasteiger partial charge in [0.05, 0.1) is 0 Å². The summed E-state index contributed by atoms with van der Waals surface area (Å²) in [4.78, 5) is 20.8. The van der Waals surface area contributed by atoms with E-state index >= 15 is 0 Å². The largest absolute Gasteiger partial charge is 0.444 e. The Morgan fingerprint density at radius 2 is 1.83 bits per heavy atom. The van der Waals surface area contributed by atoms with E-state index in [-0.39, 0.29) is 10.3 Å². The minimum atomic E-state index is -0.554. The van der Waals surface area contributed by atoms with Gasteiger partial charge in [0.2, 0.25) is 0 Å². The van der Waals surface area contributed by atoms with E-state index in [1.54, 1.807) is 39.0 Å². The molecule has 0 spiro atoms. The molecule has 23 heavy (non-hydrogen) atoms. The zero-order valence-corrected chi connectivity index (χ0v) is 15.1. The monoisotopic (exact) mass is 371 g/mol. The number of amides is 1. The van der Waals surface area contributed by atoms with Gasteiger partial charge < -0.3 is 4.74 Å². The van der Waals surface area contributed by atoms with Gasteiger partial charge in [0.25, 0.3) is 0 Å². The van der Waals surface area contributed by atoms with Crippen LogP contribution >= 0.6 is 35.0 Å². The van der Waals surface area contributed by atoms with E-state index in [9.17, 15) is 4.79 Å². The molecule has 0 atom stereocenters. The molecule has 0 radical (unpaired) electrons. The average molecular weight is 372 g/mol. The zero-order valence-electron chi connectivity index (χ0n) is 12.8. The maximum Gasteiger partial charge on any atom is 0.412 e. The van der Waals surface area contributed by atoms with Gasteiger partial charge in [0, 0.05) is 16.6 Å². The highest BCUT2D eigenvalue weighted by Crippen LogP contribution is 2.28. The van der Waals surface area contributed by atoms with Crippen molar-refractivity contribution in [2.45, 2.75) is 36.4 Å². The van der Waals surface area contributed by atoms with Crippen molar-refractivity contribution in [1.29, 1.82) is 0 Å². The predicted molar refractivity (Wildman–Crippen MR) is 92.5 cm³/mol. The Hall–Kier alpha value is -1.50. The molecule has 0 aliphatic carbocycles. The number of hydrogen-bond acceptors (Lipinski definition) is 5. The standard InChI is InChI=1S/C15H15Cl2N3O2S/c1-15(2,3)22-14(21)18-9-5-4-6-10(7-9)23-13-19-11(16)8-12(17)20-13/h4-8H,1-3H3,(H,18,21).